The van der Waals surface area contributed by atoms with Crippen molar-refractivity contribution in [2.45, 2.75) is 20.4 Å². The molecule has 0 unspecified atom stereocenters. The number of imide groups is 1. The van der Waals surface area contributed by atoms with Crippen LogP contribution in [-0.4, -0.2) is 59.6 Å². The van der Waals surface area contributed by atoms with Gasteiger partial charge in [-0.1, -0.05) is 0 Å². The summed E-state index contributed by atoms with van der Waals surface area (Å²) in [5.74, 6) is -1.23. The maximum atomic E-state index is 12.4. The molecule has 0 aliphatic carbocycles. The summed E-state index contributed by atoms with van der Waals surface area (Å²) in [6.07, 6.45) is 3.98. The van der Waals surface area contributed by atoms with Gasteiger partial charge >= 0.3 is 11.9 Å². The minimum Gasteiger partial charge on any atom is -0.492 e. The van der Waals surface area contributed by atoms with E-state index in [9.17, 15) is 19.2 Å². The molecule has 9 nitrogen and oxygen atoms in total. The Bertz CT molecular complexity index is 1000. The van der Waals surface area contributed by atoms with Crippen molar-refractivity contribution in [1.82, 2.24) is 9.47 Å². The average Bonchev–Trinajstić information content (AvgIpc) is 3.23. The zero-order valence-electron chi connectivity index (χ0n) is 16.8. The molecule has 0 atom stereocenters. The molecule has 0 spiro atoms. The van der Waals surface area contributed by atoms with Crippen LogP contribution >= 0.6 is 0 Å². The molecule has 1 aliphatic heterocycles. The molecule has 9 heteroatoms. The predicted molar refractivity (Wildman–Crippen MR) is 106 cm³/mol. The molecule has 2 aromatic rings. The van der Waals surface area contributed by atoms with Crippen LogP contribution < -0.4 is 4.74 Å². The van der Waals surface area contributed by atoms with Crippen LogP contribution in [-0.2, 0) is 30.4 Å². The lowest BCUT2D eigenvalue weighted by molar-refractivity contribution is -0.143. The van der Waals surface area contributed by atoms with E-state index in [2.05, 4.69) is 0 Å². The number of amides is 2. The summed E-state index contributed by atoms with van der Waals surface area (Å²) in [6.45, 7) is 4.07. The highest BCUT2D eigenvalue weighted by atomic mass is 16.5. The molecule has 0 saturated heterocycles. The Kier molecular flexibility index (Phi) is 6.51. The molecule has 1 aromatic carbocycles. The van der Waals surface area contributed by atoms with Crippen LogP contribution in [0.15, 0.2) is 36.5 Å². The zero-order valence-corrected chi connectivity index (χ0v) is 16.8. The van der Waals surface area contributed by atoms with Crippen LogP contribution in [0.4, 0.5) is 0 Å². The summed E-state index contributed by atoms with van der Waals surface area (Å²) in [5.41, 5.74) is 0.947. The van der Waals surface area contributed by atoms with Crippen molar-refractivity contribution in [3.05, 3.63) is 42.1 Å². The number of hydrogen-bond acceptors (Lipinski definition) is 7. The van der Waals surface area contributed by atoms with E-state index in [1.807, 2.05) is 0 Å². The van der Waals surface area contributed by atoms with Gasteiger partial charge in [-0.3, -0.25) is 19.3 Å². The third kappa shape index (κ3) is 4.51. The van der Waals surface area contributed by atoms with Crippen LogP contribution in [0.25, 0.3) is 10.9 Å². The summed E-state index contributed by atoms with van der Waals surface area (Å²) >= 11 is 0. The van der Waals surface area contributed by atoms with Crippen molar-refractivity contribution in [1.29, 1.82) is 0 Å². The van der Waals surface area contributed by atoms with E-state index in [1.54, 1.807) is 42.8 Å². The standard InChI is InChI=1S/C21H22N2O7/c1-3-28-20(26)13-22-12-16(21(27)29-4-2)15-11-14(5-6-17(15)22)30-10-9-23-18(24)7-8-19(23)25/h5-8,11-12H,3-4,9-10,13H2,1-2H3. The quantitative estimate of drug-likeness (QED) is 0.454. The minimum absolute atomic E-state index is 0.0455. The van der Waals surface area contributed by atoms with Gasteiger partial charge in [0.05, 0.1) is 25.3 Å². The number of fused-ring (bicyclic) bond motifs is 1. The Balaban J connectivity index is 1.81. The molecule has 2 amide bonds. The Hall–Kier alpha value is -3.62. The highest BCUT2D eigenvalue weighted by Crippen LogP contribution is 2.27. The number of esters is 2. The summed E-state index contributed by atoms with van der Waals surface area (Å²) in [7, 11) is 0. The fourth-order valence-electron chi connectivity index (χ4n) is 3.12. The Labute approximate surface area is 172 Å². The molecule has 0 N–H and O–H groups in total. The number of carbonyl (C=O) groups excluding carboxylic acids is 4. The summed E-state index contributed by atoms with van der Waals surface area (Å²) in [5, 5.41) is 0.560. The van der Waals surface area contributed by atoms with Gasteiger partial charge in [0.25, 0.3) is 11.8 Å². The Morgan fingerprint density at radius 3 is 2.37 bits per heavy atom. The van der Waals surface area contributed by atoms with Crippen molar-refractivity contribution in [2.75, 3.05) is 26.4 Å². The maximum absolute atomic E-state index is 12.4. The van der Waals surface area contributed by atoms with E-state index in [1.165, 1.54) is 12.2 Å². The van der Waals surface area contributed by atoms with E-state index in [0.29, 0.717) is 22.2 Å². The lowest BCUT2D eigenvalue weighted by Crippen LogP contribution is -2.33. The number of aromatic nitrogens is 1. The first kappa shape index (κ1) is 21.1. The molecule has 30 heavy (non-hydrogen) atoms. The SMILES string of the molecule is CCOC(=O)Cn1cc(C(=O)OCC)c2cc(OCCN3C(=O)C=CC3=O)ccc21. The highest BCUT2D eigenvalue weighted by molar-refractivity contribution is 6.12. The second-order valence-corrected chi connectivity index (χ2v) is 6.39. The first-order valence-corrected chi connectivity index (χ1v) is 9.56. The van der Waals surface area contributed by atoms with Crippen molar-refractivity contribution in [2.24, 2.45) is 0 Å². The summed E-state index contributed by atoms with van der Waals surface area (Å²) < 4.78 is 17.4. The average molecular weight is 414 g/mol. The van der Waals surface area contributed by atoms with Gasteiger partial charge in [0.2, 0.25) is 0 Å². The monoisotopic (exact) mass is 414 g/mol. The Morgan fingerprint density at radius 2 is 1.70 bits per heavy atom. The van der Waals surface area contributed by atoms with Gasteiger partial charge in [-0.25, -0.2) is 4.79 Å². The zero-order chi connectivity index (χ0) is 21.7. The highest BCUT2D eigenvalue weighted by Gasteiger charge is 2.23. The number of rotatable bonds is 9. The smallest absolute Gasteiger partial charge is 0.340 e. The second-order valence-electron chi connectivity index (χ2n) is 6.39. The molecule has 3 rings (SSSR count). The minimum atomic E-state index is -0.512. The van der Waals surface area contributed by atoms with Crippen LogP contribution in [0.3, 0.4) is 0 Å². The summed E-state index contributed by atoms with van der Waals surface area (Å²) in [4.78, 5) is 48.5. The lowest BCUT2D eigenvalue weighted by Gasteiger charge is -2.14. The van der Waals surface area contributed by atoms with Crippen molar-refractivity contribution in [3.63, 3.8) is 0 Å². The number of benzene rings is 1. The third-order valence-electron chi connectivity index (χ3n) is 4.44. The molecular weight excluding hydrogens is 392 g/mol. The van der Waals surface area contributed by atoms with Gasteiger partial charge in [-0.15, -0.1) is 0 Å². The van der Waals surface area contributed by atoms with Gasteiger partial charge in [0.15, 0.2) is 0 Å². The van der Waals surface area contributed by atoms with Crippen LogP contribution in [0.5, 0.6) is 5.75 Å². The molecule has 1 aliphatic rings. The van der Waals surface area contributed by atoms with Crippen molar-refractivity contribution in [3.8, 4) is 5.75 Å². The molecule has 0 bridgehead atoms. The maximum Gasteiger partial charge on any atom is 0.340 e. The van der Waals surface area contributed by atoms with Crippen molar-refractivity contribution < 1.29 is 33.4 Å². The number of nitrogens with zero attached hydrogens (tertiary/aromatic N) is 2. The fourth-order valence-corrected chi connectivity index (χ4v) is 3.12. The number of hydrogen-bond donors (Lipinski definition) is 0. The van der Waals surface area contributed by atoms with Crippen LogP contribution in [0, 0.1) is 0 Å². The van der Waals surface area contributed by atoms with E-state index in [0.717, 1.165) is 4.90 Å². The first-order chi connectivity index (χ1) is 14.4. The van der Waals surface area contributed by atoms with Gasteiger partial charge in [0, 0.05) is 29.3 Å². The third-order valence-corrected chi connectivity index (χ3v) is 4.44. The van der Waals surface area contributed by atoms with E-state index in [4.69, 9.17) is 14.2 Å². The van der Waals surface area contributed by atoms with Gasteiger partial charge in [-0.05, 0) is 32.0 Å². The molecule has 0 fully saturated rings. The molecular formula is C21H22N2O7. The van der Waals surface area contributed by atoms with E-state index in [-0.39, 0.29) is 44.7 Å². The first-order valence-electron chi connectivity index (χ1n) is 9.56. The molecule has 0 radical (unpaired) electrons. The Morgan fingerprint density at radius 1 is 1.00 bits per heavy atom. The summed E-state index contributed by atoms with van der Waals surface area (Å²) in [6, 6.07) is 5.07. The largest absolute Gasteiger partial charge is 0.492 e. The van der Waals surface area contributed by atoms with Gasteiger partial charge in [-0.2, -0.15) is 0 Å². The normalized spacial score (nSPS) is 13.2. The van der Waals surface area contributed by atoms with Gasteiger partial charge in [0.1, 0.15) is 18.9 Å². The number of ether oxygens (including phenoxy) is 3. The van der Waals surface area contributed by atoms with Crippen LogP contribution in [0.1, 0.15) is 24.2 Å². The van der Waals surface area contributed by atoms with Gasteiger partial charge < -0.3 is 18.8 Å². The molecule has 1 aromatic heterocycles. The van der Waals surface area contributed by atoms with E-state index < -0.39 is 11.9 Å². The molecule has 0 saturated carbocycles. The predicted octanol–water partition coefficient (Wildman–Crippen LogP) is 1.68. The van der Waals surface area contributed by atoms with Crippen LogP contribution in [0.2, 0.25) is 0 Å². The van der Waals surface area contributed by atoms with E-state index >= 15 is 0 Å². The topological polar surface area (TPSA) is 104 Å². The number of carbonyl (C=O) groups is 4. The second kappa shape index (κ2) is 9.25. The fraction of sp³-hybridized carbons (Fsp3) is 0.333. The lowest BCUT2D eigenvalue weighted by atomic mass is 10.1. The molecule has 158 valence electrons. The molecule has 2 heterocycles. The van der Waals surface area contributed by atoms with Crippen molar-refractivity contribution >= 4 is 34.7 Å².